The number of amides is 1. The van der Waals surface area contributed by atoms with Crippen molar-refractivity contribution in [2.24, 2.45) is 28.7 Å². The number of hydrogen-bond acceptors (Lipinski definition) is 6. The predicted octanol–water partition coefficient (Wildman–Crippen LogP) is 4.13. The number of carbonyl (C=O) groups excluding carboxylic acids is 1. The molecule has 4 atom stereocenters. The molecule has 0 radical (unpaired) electrons. The number of ether oxygens (including phenoxy) is 1. The lowest BCUT2D eigenvalue weighted by molar-refractivity contribution is -0.129. The average Bonchev–Trinajstić information content (AvgIpc) is 3.31. The van der Waals surface area contributed by atoms with Gasteiger partial charge in [0, 0.05) is 26.7 Å². The van der Waals surface area contributed by atoms with Gasteiger partial charge in [0.15, 0.2) is 0 Å². The van der Waals surface area contributed by atoms with Gasteiger partial charge in [-0.15, -0.1) is 5.06 Å². The SMILES string of the molecule is CC(C)C1N=C(N2CCC(C3CC3CCOc3ccc(CC(=O)N4CCC(F)C4)cc3)CC2)ON1C. The summed E-state index contributed by atoms with van der Waals surface area (Å²) in [5.41, 5.74) is 0.948. The van der Waals surface area contributed by atoms with E-state index in [4.69, 9.17) is 14.6 Å². The first-order valence-corrected chi connectivity index (χ1v) is 13.7. The molecule has 8 heteroatoms. The minimum Gasteiger partial charge on any atom is -0.494 e. The lowest BCUT2D eigenvalue weighted by atomic mass is 9.90. The van der Waals surface area contributed by atoms with E-state index in [0.29, 0.717) is 25.3 Å². The Kier molecular flexibility index (Phi) is 7.70. The number of piperidine rings is 1. The summed E-state index contributed by atoms with van der Waals surface area (Å²) in [5, 5.41) is 1.88. The van der Waals surface area contributed by atoms with Crippen LogP contribution < -0.4 is 4.74 Å². The fraction of sp³-hybridized carbons (Fsp3) is 0.714. The van der Waals surface area contributed by atoms with Crippen molar-refractivity contribution >= 4 is 11.9 Å². The Labute approximate surface area is 214 Å². The van der Waals surface area contributed by atoms with Gasteiger partial charge in [-0.3, -0.25) is 4.79 Å². The maximum absolute atomic E-state index is 13.3. The summed E-state index contributed by atoms with van der Waals surface area (Å²) in [4.78, 5) is 27.0. The Morgan fingerprint density at radius 1 is 1.17 bits per heavy atom. The van der Waals surface area contributed by atoms with E-state index in [-0.39, 0.29) is 18.6 Å². The number of benzene rings is 1. The first kappa shape index (κ1) is 25.3. The topological polar surface area (TPSA) is 57.6 Å². The zero-order valence-corrected chi connectivity index (χ0v) is 21.9. The minimum atomic E-state index is -0.870. The Bertz CT molecular complexity index is 931. The molecule has 1 aliphatic carbocycles. The third-order valence-corrected chi connectivity index (χ3v) is 8.35. The Morgan fingerprint density at radius 3 is 2.56 bits per heavy atom. The highest BCUT2D eigenvalue weighted by atomic mass is 19.1. The van der Waals surface area contributed by atoms with E-state index in [1.807, 2.05) is 36.4 Å². The van der Waals surface area contributed by atoms with Gasteiger partial charge in [-0.1, -0.05) is 26.0 Å². The van der Waals surface area contributed by atoms with Crippen LogP contribution in [-0.2, 0) is 16.1 Å². The molecule has 0 N–H and O–H groups in total. The summed E-state index contributed by atoms with van der Waals surface area (Å²) < 4.78 is 19.3. The van der Waals surface area contributed by atoms with Gasteiger partial charge in [0.25, 0.3) is 0 Å². The minimum absolute atomic E-state index is 0.00488. The third-order valence-electron chi connectivity index (χ3n) is 8.35. The zero-order valence-electron chi connectivity index (χ0n) is 21.9. The van der Waals surface area contributed by atoms with Crippen molar-refractivity contribution in [2.75, 3.05) is 39.8 Å². The molecule has 0 aromatic heterocycles. The van der Waals surface area contributed by atoms with Crippen molar-refractivity contribution in [1.29, 1.82) is 0 Å². The number of hydrogen-bond donors (Lipinski definition) is 0. The molecule has 36 heavy (non-hydrogen) atoms. The van der Waals surface area contributed by atoms with Crippen LogP contribution in [0.2, 0.25) is 0 Å². The standard InChI is InChI=1S/C28H41FN4O3/c1-19(2)27-30-28(36-31(27)3)32-12-8-21(9-13-32)25-17-22(25)11-15-35-24-6-4-20(5-7-24)16-26(34)33-14-10-23(29)18-33/h4-7,19,21-23,25,27H,8-18H2,1-3H3. The van der Waals surface area contributed by atoms with Crippen LogP contribution in [0.25, 0.3) is 0 Å². The second-order valence-electron chi connectivity index (χ2n) is 11.4. The van der Waals surface area contributed by atoms with Crippen molar-refractivity contribution in [3.8, 4) is 5.75 Å². The Hall–Kier alpha value is -2.35. The van der Waals surface area contributed by atoms with E-state index in [1.165, 1.54) is 19.3 Å². The van der Waals surface area contributed by atoms with E-state index in [2.05, 4.69) is 18.7 Å². The van der Waals surface area contributed by atoms with Gasteiger partial charge in [0.2, 0.25) is 5.91 Å². The van der Waals surface area contributed by atoms with Crippen molar-refractivity contribution in [3.63, 3.8) is 0 Å². The van der Waals surface area contributed by atoms with Crippen molar-refractivity contribution in [1.82, 2.24) is 14.9 Å². The first-order valence-electron chi connectivity index (χ1n) is 13.7. The summed E-state index contributed by atoms with van der Waals surface area (Å²) >= 11 is 0. The van der Waals surface area contributed by atoms with Gasteiger partial charge >= 0.3 is 6.02 Å². The number of halogens is 1. The van der Waals surface area contributed by atoms with Crippen LogP contribution in [0, 0.1) is 23.7 Å². The number of likely N-dealkylation sites (tertiary alicyclic amines) is 2. The number of carbonyl (C=O) groups is 1. The van der Waals surface area contributed by atoms with E-state index >= 15 is 0 Å². The summed E-state index contributed by atoms with van der Waals surface area (Å²) in [6.07, 6.45) is 4.87. The molecule has 7 nitrogen and oxygen atoms in total. The fourth-order valence-corrected chi connectivity index (χ4v) is 6.07. The quantitative estimate of drug-likeness (QED) is 0.537. The number of hydroxylamine groups is 2. The van der Waals surface area contributed by atoms with E-state index in [0.717, 1.165) is 61.2 Å². The molecule has 1 amide bonds. The normalized spacial score (nSPS) is 29.0. The summed E-state index contributed by atoms with van der Waals surface area (Å²) in [6.45, 7) is 7.92. The number of nitrogens with zero attached hydrogens (tertiary/aromatic N) is 4. The van der Waals surface area contributed by atoms with Crippen LogP contribution >= 0.6 is 0 Å². The van der Waals surface area contributed by atoms with E-state index in [9.17, 15) is 9.18 Å². The van der Waals surface area contributed by atoms with Crippen LogP contribution in [0.15, 0.2) is 29.3 Å². The molecule has 198 valence electrons. The fourth-order valence-electron chi connectivity index (χ4n) is 6.07. The largest absolute Gasteiger partial charge is 0.494 e. The molecule has 3 fully saturated rings. The zero-order chi connectivity index (χ0) is 25.2. The van der Waals surface area contributed by atoms with Crippen molar-refractivity contribution in [3.05, 3.63) is 29.8 Å². The molecule has 0 bridgehead atoms. The van der Waals surface area contributed by atoms with Crippen LogP contribution in [-0.4, -0.2) is 79.0 Å². The van der Waals surface area contributed by atoms with E-state index in [1.54, 1.807) is 4.90 Å². The number of rotatable bonds is 8. The molecule has 4 aliphatic rings. The van der Waals surface area contributed by atoms with Crippen LogP contribution in [0.4, 0.5) is 4.39 Å². The summed E-state index contributed by atoms with van der Waals surface area (Å²) in [5.74, 6) is 3.69. The highest BCUT2D eigenvalue weighted by Gasteiger charge is 2.44. The van der Waals surface area contributed by atoms with Crippen LogP contribution in [0.5, 0.6) is 5.75 Å². The lowest BCUT2D eigenvalue weighted by Gasteiger charge is -2.32. The van der Waals surface area contributed by atoms with Gasteiger partial charge in [0.05, 0.1) is 19.6 Å². The average molecular weight is 501 g/mol. The number of alkyl halides is 1. The molecule has 4 unspecified atom stereocenters. The second kappa shape index (κ2) is 11.0. The molecular formula is C28H41FN4O3. The molecule has 5 rings (SSSR count). The van der Waals surface area contributed by atoms with Gasteiger partial charge in [-0.2, -0.15) is 0 Å². The molecule has 3 aliphatic heterocycles. The molecule has 1 saturated carbocycles. The molecule has 1 aromatic rings. The maximum atomic E-state index is 13.3. The lowest BCUT2D eigenvalue weighted by Crippen LogP contribution is -2.40. The highest BCUT2D eigenvalue weighted by Crippen LogP contribution is 2.49. The van der Waals surface area contributed by atoms with Crippen molar-refractivity contribution < 1.29 is 18.8 Å². The summed E-state index contributed by atoms with van der Waals surface area (Å²) in [7, 11) is 1.97. The van der Waals surface area contributed by atoms with Gasteiger partial charge < -0.3 is 19.4 Å². The molecule has 3 heterocycles. The second-order valence-corrected chi connectivity index (χ2v) is 11.4. The first-order chi connectivity index (χ1) is 17.4. The van der Waals surface area contributed by atoms with E-state index < -0.39 is 6.17 Å². The maximum Gasteiger partial charge on any atom is 0.309 e. The third kappa shape index (κ3) is 5.96. The molecule has 0 spiro atoms. The Morgan fingerprint density at radius 2 is 1.92 bits per heavy atom. The van der Waals surface area contributed by atoms with Crippen LogP contribution in [0.3, 0.4) is 0 Å². The molecule has 1 aromatic carbocycles. The van der Waals surface area contributed by atoms with Crippen molar-refractivity contribution in [2.45, 2.75) is 64.7 Å². The van der Waals surface area contributed by atoms with Gasteiger partial charge in [-0.25, -0.2) is 9.38 Å². The molecular weight excluding hydrogens is 459 g/mol. The molecule has 2 saturated heterocycles. The van der Waals surface area contributed by atoms with Gasteiger partial charge in [-0.05, 0) is 73.5 Å². The Balaban J connectivity index is 0.987. The summed E-state index contributed by atoms with van der Waals surface area (Å²) in [6, 6.07) is 8.59. The monoisotopic (exact) mass is 500 g/mol. The van der Waals surface area contributed by atoms with Gasteiger partial charge in [0.1, 0.15) is 18.1 Å². The van der Waals surface area contributed by atoms with Crippen LogP contribution in [0.1, 0.15) is 51.5 Å². The number of amidine groups is 1. The number of aliphatic imine (C=N–C) groups is 1. The highest BCUT2D eigenvalue weighted by molar-refractivity contribution is 5.79. The predicted molar refractivity (Wildman–Crippen MR) is 137 cm³/mol. The smallest absolute Gasteiger partial charge is 0.309 e.